The van der Waals surface area contributed by atoms with Gasteiger partial charge in [-0.2, -0.15) is 0 Å². The number of nitrogens with zero attached hydrogens (tertiary/aromatic N) is 1. The summed E-state index contributed by atoms with van der Waals surface area (Å²) < 4.78 is 6.09. The Labute approximate surface area is 220 Å². The van der Waals surface area contributed by atoms with Gasteiger partial charge in [0.25, 0.3) is 11.8 Å². The van der Waals surface area contributed by atoms with Crippen LogP contribution in [0.4, 0.5) is 0 Å². The van der Waals surface area contributed by atoms with E-state index in [0.717, 1.165) is 29.5 Å². The summed E-state index contributed by atoms with van der Waals surface area (Å²) in [7, 11) is 0. The van der Waals surface area contributed by atoms with E-state index in [9.17, 15) is 14.4 Å². The Morgan fingerprint density at radius 1 is 0.919 bits per heavy atom. The molecule has 1 aliphatic carbocycles. The molecule has 0 spiro atoms. The standard InChI is InChI=1S/C32H39NO4/c1-21(2)28-15-10-22(3)18-29(28)37-32(36)23(4)19-27(33-30(34)16-17-31(33)35)20-24-11-13-26(14-12-24)25-8-6-5-7-9-25/h5-9,11-14,16-17,21-23,27-29H,10,15,18-20H2,1-4H3/t22-,23-,27+,28+,29-/m1/s1. The summed E-state index contributed by atoms with van der Waals surface area (Å²) >= 11 is 0. The summed E-state index contributed by atoms with van der Waals surface area (Å²) in [6.45, 7) is 8.46. The highest BCUT2D eigenvalue weighted by Gasteiger charge is 2.37. The number of carbonyl (C=O) groups is 3. The molecule has 2 aromatic rings. The number of carbonyl (C=O) groups excluding carboxylic acids is 3. The van der Waals surface area contributed by atoms with E-state index in [1.54, 1.807) is 0 Å². The van der Waals surface area contributed by atoms with Crippen LogP contribution < -0.4 is 0 Å². The fourth-order valence-electron chi connectivity index (χ4n) is 5.81. The second kappa shape index (κ2) is 11.9. The van der Waals surface area contributed by atoms with E-state index in [1.807, 2.05) is 37.3 Å². The lowest BCUT2D eigenvalue weighted by atomic mass is 9.75. The maximum atomic E-state index is 13.2. The summed E-state index contributed by atoms with van der Waals surface area (Å²) in [5, 5.41) is 0. The van der Waals surface area contributed by atoms with Crippen LogP contribution in [0.2, 0.25) is 0 Å². The van der Waals surface area contributed by atoms with Gasteiger partial charge in [0.2, 0.25) is 0 Å². The molecule has 196 valence electrons. The van der Waals surface area contributed by atoms with Gasteiger partial charge in [-0.1, -0.05) is 88.7 Å². The molecule has 1 heterocycles. The Balaban J connectivity index is 1.47. The van der Waals surface area contributed by atoms with Gasteiger partial charge in [-0.05, 0) is 60.1 Å². The average molecular weight is 502 g/mol. The molecule has 0 radical (unpaired) electrons. The maximum Gasteiger partial charge on any atom is 0.309 e. The van der Waals surface area contributed by atoms with Crippen LogP contribution in [-0.4, -0.2) is 34.8 Å². The molecular formula is C32H39NO4. The van der Waals surface area contributed by atoms with Crippen LogP contribution >= 0.6 is 0 Å². The van der Waals surface area contributed by atoms with Gasteiger partial charge in [0.05, 0.1) is 5.92 Å². The van der Waals surface area contributed by atoms with E-state index in [4.69, 9.17) is 4.74 Å². The summed E-state index contributed by atoms with van der Waals surface area (Å²) in [6.07, 6.45) is 6.55. The first kappa shape index (κ1) is 26.8. The van der Waals surface area contributed by atoms with Crippen molar-refractivity contribution < 1.29 is 19.1 Å². The van der Waals surface area contributed by atoms with E-state index < -0.39 is 12.0 Å². The van der Waals surface area contributed by atoms with Crippen molar-refractivity contribution in [3.8, 4) is 11.1 Å². The van der Waals surface area contributed by atoms with Crippen LogP contribution in [0.3, 0.4) is 0 Å². The van der Waals surface area contributed by atoms with Gasteiger partial charge in [-0.25, -0.2) is 0 Å². The molecule has 1 saturated carbocycles. The van der Waals surface area contributed by atoms with Crippen molar-refractivity contribution in [2.45, 2.75) is 71.9 Å². The summed E-state index contributed by atoms with van der Waals surface area (Å²) in [5.41, 5.74) is 3.25. The molecule has 5 atom stereocenters. The molecule has 0 aromatic heterocycles. The Hall–Kier alpha value is -3.21. The largest absolute Gasteiger partial charge is 0.462 e. The summed E-state index contributed by atoms with van der Waals surface area (Å²) in [6, 6.07) is 17.9. The van der Waals surface area contributed by atoms with Crippen LogP contribution in [0.1, 0.15) is 58.9 Å². The molecule has 0 bridgehead atoms. The molecule has 0 saturated heterocycles. The van der Waals surface area contributed by atoms with Crippen molar-refractivity contribution in [1.29, 1.82) is 0 Å². The van der Waals surface area contributed by atoms with Crippen molar-refractivity contribution in [2.24, 2.45) is 23.7 Å². The topological polar surface area (TPSA) is 63.7 Å². The molecule has 2 aromatic carbocycles. The van der Waals surface area contributed by atoms with Crippen LogP contribution in [0.5, 0.6) is 0 Å². The molecule has 5 nitrogen and oxygen atoms in total. The first-order valence-electron chi connectivity index (χ1n) is 13.6. The minimum absolute atomic E-state index is 0.0700. The van der Waals surface area contributed by atoms with Crippen molar-refractivity contribution in [3.63, 3.8) is 0 Å². The van der Waals surface area contributed by atoms with Crippen LogP contribution in [0.15, 0.2) is 66.7 Å². The van der Waals surface area contributed by atoms with Crippen LogP contribution in [0, 0.1) is 23.7 Å². The number of hydrogen-bond acceptors (Lipinski definition) is 4. The lowest BCUT2D eigenvalue weighted by Gasteiger charge is -2.37. The fourth-order valence-corrected chi connectivity index (χ4v) is 5.81. The number of imide groups is 1. The Morgan fingerprint density at radius 2 is 1.54 bits per heavy atom. The highest BCUT2D eigenvalue weighted by Crippen LogP contribution is 2.36. The zero-order chi connectivity index (χ0) is 26.5. The summed E-state index contributed by atoms with van der Waals surface area (Å²) in [4.78, 5) is 39.7. The van der Waals surface area contributed by atoms with E-state index >= 15 is 0 Å². The number of benzene rings is 2. The van der Waals surface area contributed by atoms with Gasteiger partial charge in [0.15, 0.2) is 0 Å². The quantitative estimate of drug-likeness (QED) is 0.302. The molecule has 4 rings (SSSR count). The predicted octanol–water partition coefficient (Wildman–Crippen LogP) is 6.22. The first-order chi connectivity index (χ1) is 17.7. The smallest absolute Gasteiger partial charge is 0.309 e. The van der Waals surface area contributed by atoms with Gasteiger partial charge in [0, 0.05) is 18.2 Å². The van der Waals surface area contributed by atoms with Crippen LogP contribution in [0.25, 0.3) is 11.1 Å². The van der Waals surface area contributed by atoms with Crippen LogP contribution in [-0.2, 0) is 25.5 Å². The number of rotatable bonds is 9. The molecule has 37 heavy (non-hydrogen) atoms. The molecular weight excluding hydrogens is 462 g/mol. The molecule has 2 amide bonds. The van der Waals surface area contributed by atoms with E-state index in [1.165, 1.54) is 23.5 Å². The molecule has 1 fully saturated rings. The summed E-state index contributed by atoms with van der Waals surface area (Å²) in [5.74, 6) is 0.0620. The molecule has 1 aliphatic heterocycles. The zero-order valence-corrected chi connectivity index (χ0v) is 22.4. The maximum absolute atomic E-state index is 13.2. The second-order valence-electron chi connectivity index (χ2n) is 11.2. The predicted molar refractivity (Wildman–Crippen MR) is 145 cm³/mol. The zero-order valence-electron chi connectivity index (χ0n) is 22.4. The number of amides is 2. The van der Waals surface area contributed by atoms with E-state index in [-0.39, 0.29) is 23.9 Å². The normalized spacial score (nSPS) is 23.4. The first-order valence-corrected chi connectivity index (χ1v) is 13.6. The third kappa shape index (κ3) is 6.57. The number of esters is 1. The second-order valence-corrected chi connectivity index (χ2v) is 11.2. The Morgan fingerprint density at radius 3 is 2.16 bits per heavy atom. The molecule has 2 aliphatic rings. The van der Waals surface area contributed by atoms with Gasteiger partial charge in [-0.15, -0.1) is 0 Å². The molecule has 0 N–H and O–H groups in total. The molecule has 0 unspecified atom stereocenters. The van der Waals surface area contributed by atoms with Gasteiger partial charge in [0.1, 0.15) is 6.10 Å². The average Bonchev–Trinajstić information content (AvgIpc) is 3.22. The third-order valence-electron chi connectivity index (χ3n) is 8.00. The van der Waals surface area contributed by atoms with E-state index in [2.05, 4.69) is 45.0 Å². The molecule has 5 heteroatoms. The highest BCUT2D eigenvalue weighted by atomic mass is 16.5. The fraction of sp³-hybridized carbons (Fsp3) is 0.469. The van der Waals surface area contributed by atoms with Crippen molar-refractivity contribution in [2.75, 3.05) is 0 Å². The van der Waals surface area contributed by atoms with Gasteiger partial charge < -0.3 is 4.74 Å². The van der Waals surface area contributed by atoms with Crippen molar-refractivity contribution in [1.82, 2.24) is 4.90 Å². The van der Waals surface area contributed by atoms with Crippen molar-refractivity contribution >= 4 is 17.8 Å². The highest BCUT2D eigenvalue weighted by molar-refractivity contribution is 6.13. The van der Waals surface area contributed by atoms with Crippen molar-refractivity contribution in [3.05, 3.63) is 72.3 Å². The Kier molecular flexibility index (Phi) is 8.63. The SMILES string of the molecule is CC(C)[C@@H]1CC[C@@H](C)C[C@H]1OC(=O)[C@H](C)C[C@@H](Cc1ccc(-c2ccccc2)cc1)N1C(=O)C=CC1=O. The lowest BCUT2D eigenvalue weighted by Crippen LogP contribution is -2.43. The lowest BCUT2D eigenvalue weighted by molar-refractivity contribution is -0.162. The number of hydrogen-bond donors (Lipinski definition) is 0. The third-order valence-corrected chi connectivity index (χ3v) is 8.00. The number of ether oxygens (including phenoxy) is 1. The van der Waals surface area contributed by atoms with E-state index in [0.29, 0.717) is 30.6 Å². The minimum Gasteiger partial charge on any atom is -0.462 e. The Bertz CT molecular complexity index is 1100. The monoisotopic (exact) mass is 501 g/mol. The van der Waals surface area contributed by atoms with Gasteiger partial charge in [-0.3, -0.25) is 19.3 Å². The minimum atomic E-state index is -0.431. The van der Waals surface area contributed by atoms with Gasteiger partial charge >= 0.3 is 5.97 Å².